The number of nitrogens with one attached hydrogen (secondary N) is 2. The average Bonchev–Trinajstić information content (AvgIpc) is 3.17. The van der Waals surface area contributed by atoms with Crippen LogP contribution in [-0.2, 0) is 4.79 Å². The van der Waals surface area contributed by atoms with Crippen LogP contribution in [0.25, 0.3) is 0 Å². The second-order valence-corrected chi connectivity index (χ2v) is 7.88. The zero-order valence-electron chi connectivity index (χ0n) is 15.8. The molecule has 1 heterocycles. The van der Waals surface area contributed by atoms with E-state index in [2.05, 4.69) is 41.6 Å². The summed E-state index contributed by atoms with van der Waals surface area (Å²) in [5, 5.41) is 6.59. The first-order chi connectivity index (χ1) is 12.1. The maximum atomic E-state index is 12.6. The molecule has 0 bridgehead atoms. The molecule has 2 N–H and O–H groups in total. The van der Waals surface area contributed by atoms with Gasteiger partial charge < -0.3 is 15.5 Å². The second-order valence-electron chi connectivity index (χ2n) is 7.88. The Kier molecular flexibility index (Phi) is 6.35. The Morgan fingerprint density at radius 1 is 1.20 bits per heavy atom. The average molecular weight is 344 g/mol. The van der Waals surface area contributed by atoms with Crippen LogP contribution in [0, 0.1) is 11.8 Å². The van der Waals surface area contributed by atoms with Crippen LogP contribution in [-0.4, -0.2) is 32.1 Å². The molecule has 138 valence electrons. The van der Waals surface area contributed by atoms with Crippen LogP contribution in [0.5, 0.6) is 0 Å². The quantitative estimate of drug-likeness (QED) is 0.820. The Labute approximate surface area is 152 Å². The normalized spacial score (nSPS) is 20.4. The summed E-state index contributed by atoms with van der Waals surface area (Å²) in [6.07, 6.45) is 8.14. The summed E-state index contributed by atoms with van der Waals surface area (Å²) >= 11 is 0. The van der Waals surface area contributed by atoms with Crippen molar-refractivity contribution in [3.8, 4) is 0 Å². The molecule has 25 heavy (non-hydrogen) atoms. The predicted octanol–water partition coefficient (Wildman–Crippen LogP) is 4.03. The van der Waals surface area contributed by atoms with Gasteiger partial charge in [0.05, 0.1) is 11.4 Å². The minimum absolute atomic E-state index is 0.151. The lowest BCUT2D eigenvalue weighted by molar-refractivity contribution is -0.117. The molecule has 2 fully saturated rings. The van der Waals surface area contributed by atoms with E-state index in [0.717, 1.165) is 24.5 Å². The third-order valence-electron chi connectivity index (χ3n) is 6.13. The summed E-state index contributed by atoms with van der Waals surface area (Å²) in [5.41, 5.74) is 2.11. The number of benzene rings is 1. The molecule has 1 unspecified atom stereocenters. The monoisotopic (exact) mass is 343 g/mol. The molecular formula is C21H33N3O. The van der Waals surface area contributed by atoms with Crippen molar-refractivity contribution in [3.63, 3.8) is 0 Å². The Morgan fingerprint density at radius 3 is 2.60 bits per heavy atom. The molecular weight excluding hydrogens is 310 g/mol. The topological polar surface area (TPSA) is 44.4 Å². The van der Waals surface area contributed by atoms with Crippen LogP contribution >= 0.6 is 0 Å². The third-order valence-corrected chi connectivity index (χ3v) is 6.13. The van der Waals surface area contributed by atoms with Crippen molar-refractivity contribution in [2.45, 2.75) is 57.9 Å². The molecule has 1 amide bonds. The van der Waals surface area contributed by atoms with E-state index >= 15 is 0 Å². The fraction of sp³-hybridized carbons (Fsp3) is 0.667. The summed E-state index contributed by atoms with van der Waals surface area (Å²) in [7, 11) is 2.17. The van der Waals surface area contributed by atoms with E-state index < -0.39 is 0 Å². The van der Waals surface area contributed by atoms with E-state index in [0.29, 0.717) is 24.3 Å². The van der Waals surface area contributed by atoms with Gasteiger partial charge in [-0.15, -0.1) is 0 Å². The van der Waals surface area contributed by atoms with E-state index in [1.54, 1.807) is 0 Å². The lowest BCUT2D eigenvalue weighted by Crippen LogP contribution is -2.32. The number of carbonyl (C=O) groups excluding carboxylic acids is 1. The van der Waals surface area contributed by atoms with E-state index in [1.807, 2.05) is 12.1 Å². The zero-order valence-corrected chi connectivity index (χ0v) is 15.8. The molecule has 1 aromatic rings. The first kappa shape index (κ1) is 18.2. The highest BCUT2D eigenvalue weighted by Crippen LogP contribution is 2.32. The van der Waals surface area contributed by atoms with Gasteiger partial charge in [0, 0.05) is 19.5 Å². The number of rotatable bonds is 6. The van der Waals surface area contributed by atoms with Crippen molar-refractivity contribution >= 4 is 17.3 Å². The smallest absolute Gasteiger partial charge is 0.224 e. The van der Waals surface area contributed by atoms with Crippen molar-refractivity contribution in [2.24, 2.45) is 11.8 Å². The summed E-state index contributed by atoms with van der Waals surface area (Å²) in [6, 6.07) is 8.84. The molecule has 1 aromatic carbocycles. The standard InChI is InChI=1S/C21H33N3O/c1-16(17-11-13-22-14-12-17)15-21(25)23-19-9-5-6-10-20(19)24(2)18-7-3-4-8-18/h5-6,9-10,16-18,22H,3-4,7-8,11-15H2,1-2H3,(H,23,25). The second kappa shape index (κ2) is 8.70. The number of hydrogen-bond donors (Lipinski definition) is 2. The van der Waals surface area contributed by atoms with Crippen LogP contribution in [0.4, 0.5) is 11.4 Å². The largest absolute Gasteiger partial charge is 0.370 e. The van der Waals surface area contributed by atoms with Gasteiger partial charge in [0.2, 0.25) is 5.91 Å². The Bertz CT molecular complexity index is 562. The van der Waals surface area contributed by atoms with Gasteiger partial charge in [-0.2, -0.15) is 0 Å². The maximum Gasteiger partial charge on any atom is 0.224 e. The van der Waals surface area contributed by atoms with Crippen LogP contribution in [0.2, 0.25) is 0 Å². The SMILES string of the molecule is CC(CC(=O)Nc1ccccc1N(C)C1CCCC1)C1CCNCC1. The fourth-order valence-corrected chi connectivity index (χ4v) is 4.45. The molecule has 4 nitrogen and oxygen atoms in total. The highest BCUT2D eigenvalue weighted by molar-refractivity contribution is 5.94. The van der Waals surface area contributed by atoms with Gasteiger partial charge in [-0.05, 0) is 62.7 Å². The van der Waals surface area contributed by atoms with Gasteiger partial charge in [-0.1, -0.05) is 31.9 Å². The molecule has 4 heteroatoms. The van der Waals surface area contributed by atoms with Gasteiger partial charge in [-0.3, -0.25) is 4.79 Å². The molecule has 1 atom stereocenters. The maximum absolute atomic E-state index is 12.6. The van der Waals surface area contributed by atoms with Gasteiger partial charge in [0.25, 0.3) is 0 Å². The van der Waals surface area contributed by atoms with E-state index in [-0.39, 0.29) is 5.91 Å². The molecule has 0 spiro atoms. The summed E-state index contributed by atoms with van der Waals surface area (Å²) in [6.45, 7) is 4.41. The van der Waals surface area contributed by atoms with E-state index in [1.165, 1.54) is 38.5 Å². The molecule has 0 radical (unpaired) electrons. The summed E-state index contributed by atoms with van der Waals surface area (Å²) in [4.78, 5) is 15.0. The molecule has 0 aromatic heterocycles. The number of amides is 1. The lowest BCUT2D eigenvalue weighted by atomic mass is 9.84. The number of piperidine rings is 1. The highest BCUT2D eigenvalue weighted by Gasteiger charge is 2.24. The van der Waals surface area contributed by atoms with E-state index in [9.17, 15) is 4.79 Å². The fourth-order valence-electron chi connectivity index (χ4n) is 4.45. The summed E-state index contributed by atoms with van der Waals surface area (Å²) in [5.74, 6) is 1.27. The first-order valence-electron chi connectivity index (χ1n) is 9.97. The number of nitrogens with zero attached hydrogens (tertiary/aromatic N) is 1. The van der Waals surface area contributed by atoms with Crippen LogP contribution in [0.1, 0.15) is 51.9 Å². The number of anilines is 2. The van der Waals surface area contributed by atoms with Gasteiger partial charge in [0.1, 0.15) is 0 Å². The Balaban J connectivity index is 1.60. The van der Waals surface area contributed by atoms with Crippen LogP contribution in [0.15, 0.2) is 24.3 Å². The van der Waals surface area contributed by atoms with Crippen LogP contribution < -0.4 is 15.5 Å². The lowest BCUT2D eigenvalue weighted by Gasteiger charge is -2.29. The number of para-hydroxylation sites is 2. The molecule has 1 aliphatic heterocycles. The van der Waals surface area contributed by atoms with Crippen LogP contribution in [0.3, 0.4) is 0 Å². The van der Waals surface area contributed by atoms with Crippen molar-refractivity contribution in [1.29, 1.82) is 0 Å². The van der Waals surface area contributed by atoms with Crippen molar-refractivity contribution in [2.75, 3.05) is 30.4 Å². The number of carbonyl (C=O) groups is 1. The number of hydrogen-bond acceptors (Lipinski definition) is 3. The van der Waals surface area contributed by atoms with Crippen molar-refractivity contribution in [1.82, 2.24) is 5.32 Å². The van der Waals surface area contributed by atoms with Crippen molar-refractivity contribution < 1.29 is 4.79 Å². The molecule has 2 aliphatic rings. The Hall–Kier alpha value is -1.55. The molecule has 1 saturated carbocycles. The minimum atomic E-state index is 0.151. The van der Waals surface area contributed by atoms with E-state index in [4.69, 9.17) is 0 Å². The highest BCUT2D eigenvalue weighted by atomic mass is 16.1. The molecule has 3 rings (SSSR count). The summed E-state index contributed by atoms with van der Waals surface area (Å²) < 4.78 is 0. The zero-order chi connectivity index (χ0) is 17.6. The first-order valence-corrected chi connectivity index (χ1v) is 9.97. The predicted molar refractivity (Wildman–Crippen MR) is 105 cm³/mol. The van der Waals surface area contributed by atoms with Gasteiger partial charge in [-0.25, -0.2) is 0 Å². The van der Waals surface area contributed by atoms with Crippen molar-refractivity contribution in [3.05, 3.63) is 24.3 Å². The molecule has 1 aliphatic carbocycles. The van der Waals surface area contributed by atoms with Gasteiger partial charge >= 0.3 is 0 Å². The molecule has 1 saturated heterocycles. The Morgan fingerprint density at radius 2 is 1.88 bits per heavy atom. The van der Waals surface area contributed by atoms with Gasteiger partial charge in [0.15, 0.2) is 0 Å². The minimum Gasteiger partial charge on any atom is -0.370 e. The third kappa shape index (κ3) is 4.75.